The van der Waals surface area contributed by atoms with Crippen molar-refractivity contribution in [1.29, 1.82) is 0 Å². The van der Waals surface area contributed by atoms with Crippen LogP contribution >= 0.6 is 27.5 Å². The summed E-state index contributed by atoms with van der Waals surface area (Å²) in [5, 5.41) is 9.14. The summed E-state index contributed by atoms with van der Waals surface area (Å²) in [6.07, 6.45) is 1.88. The van der Waals surface area contributed by atoms with Crippen molar-refractivity contribution in [3.05, 3.63) is 33.8 Å². The SMILES string of the molecule is OCc1c(Br)cccc1CCCCl. The Bertz CT molecular complexity index is 276. The van der Waals surface area contributed by atoms with Gasteiger partial charge < -0.3 is 5.11 Å². The summed E-state index contributed by atoms with van der Waals surface area (Å²) >= 11 is 9.02. The van der Waals surface area contributed by atoms with Crippen LogP contribution in [0.4, 0.5) is 0 Å². The maximum absolute atomic E-state index is 9.14. The van der Waals surface area contributed by atoms with Gasteiger partial charge in [-0.15, -0.1) is 11.6 Å². The molecule has 0 aliphatic carbocycles. The molecule has 1 aromatic rings. The van der Waals surface area contributed by atoms with E-state index in [0.717, 1.165) is 22.9 Å². The van der Waals surface area contributed by atoms with Gasteiger partial charge in [-0.1, -0.05) is 28.1 Å². The zero-order valence-corrected chi connectivity index (χ0v) is 9.61. The Kier molecular flexibility index (Phi) is 4.78. The van der Waals surface area contributed by atoms with Crippen LogP contribution in [0.15, 0.2) is 22.7 Å². The lowest BCUT2D eigenvalue weighted by Gasteiger charge is -2.07. The van der Waals surface area contributed by atoms with Crippen LogP contribution in [0.25, 0.3) is 0 Å². The molecule has 0 atom stereocenters. The Morgan fingerprint density at radius 1 is 1.38 bits per heavy atom. The lowest BCUT2D eigenvalue weighted by atomic mass is 10.0. The van der Waals surface area contributed by atoms with E-state index in [9.17, 15) is 0 Å². The molecule has 0 fully saturated rings. The maximum Gasteiger partial charge on any atom is 0.0695 e. The zero-order valence-electron chi connectivity index (χ0n) is 7.26. The Balaban J connectivity index is 2.85. The molecule has 0 radical (unpaired) electrons. The highest BCUT2D eigenvalue weighted by Gasteiger charge is 2.04. The molecule has 72 valence electrons. The van der Waals surface area contributed by atoms with E-state index in [1.807, 2.05) is 18.2 Å². The van der Waals surface area contributed by atoms with E-state index in [1.165, 1.54) is 5.56 Å². The summed E-state index contributed by atoms with van der Waals surface area (Å²) < 4.78 is 0.974. The number of aliphatic hydroxyl groups is 1. The van der Waals surface area contributed by atoms with E-state index < -0.39 is 0 Å². The van der Waals surface area contributed by atoms with Crippen molar-refractivity contribution >= 4 is 27.5 Å². The molecule has 0 aromatic heterocycles. The Hall–Kier alpha value is -0.0500. The van der Waals surface area contributed by atoms with Gasteiger partial charge in [-0.25, -0.2) is 0 Å². The number of benzene rings is 1. The second-order valence-corrected chi connectivity index (χ2v) is 4.06. The molecule has 0 heterocycles. The van der Waals surface area contributed by atoms with E-state index in [0.29, 0.717) is 5.88 Å². The summed E-state index contributed by atoms with van der Waals surface area (Å²) in [4.78, 5) is 0. The topological polar surface area (TPSA) is 20.2 Å². The van der Waals surface area contributed by atoms with Crippen LogP contribution in [0.2, 0.25) is 0 Å². The number of rotatable bonds is 4. The summed E-state index contributed by atoms with van der Waals surface area (Å²) in [6, 6.07) is 5.95. The van der Waals surface area contributed by atoms with E-state index >= 15 is 0 Å². The smallest absolute Gasteiger partial charge is 0.0695 e. The summed E-state index contributed by atoms with van der Waals surface area (Å²) in [5.41, 5.74) is 2.16. The summed E-state index contributed by atoms with van der Waals surface area (Å²) in [7, 11) is 0. The number of halogens is 2. The molecule has 0 saturated heterocycles. The highest BCUT2D eigenvalue weighted by molar-refractivity contribution is 9.10. The van der Waals surface area contributed by atoms with E-state index in [-0.39, 0.29) is 6.61 Å². The maximum atomic E-state index is 9.14. The van der Waals surface area contributed by atoms with Crippen molar-refractivity contribution in [2.45, 2.75) is 19.4 Å². The second kappa shape index (κ2) is 5.63. The average molecular weight is 264 g/mol. The monoisotopic (exact) mass is 262 g/mol. The van der Waals surface area contributed by atoms with Gasteiger partial charge >= 0.3 is 0 Å². The van der Waals surface area contributed by atoms with Gasteiger partial charge in [0.15, 0.2) is 0 Å². The predicted molar refractivity (Wildman–Crippen MR) is 59.1 cm³/mol. The third-order valence-electron chi connectivity index (χ3n) is 1.95. The molecule has 0 aliphatic heterocycles. The average Bonchev–Trinajstić information content (AvgIpc) is 2.15. The fourth-order valence-electron chi connectivity index (χ4n) is 1.27. The van der Waals surface area contributed by atoms with Crippen molar-refractivity contribution in [2.24, 2.45) is 0 Å². The van der Waals surface area contributed by atoms with E-state index in [1.54, 1.807) is 0 Å². The fraction of sp³-hybridized carbons (Fsp3) is 0.400. The minimum atomic E-state index is 0.0824. The van der Waals surface area contributed by atoms with Crippen LogP contribution in [-0.2, 0) is 13.0 Å². The third kappa shape index (κ3) is 2.97. The predicted octanol–water partition coefficient (Wildman–Crippen LogP) is 3.11. The minimum Gasteiger partial charge on any atom is -0.392 e. The molecular formula is C10H12BrClO. The molecule has 0 saturated carbocycles. The molecule has 3 heteroatoms. The Morgan fingerprint density at radius 2 is 2.15 bits per heavy atom. The normalized spacial score (nSPS) is 10.4. The first-order chi connectivity index (χ1) is 6.29. The van der Waals surface area contributed by atoms with Crippen LogP contribution in [0.3, 0.4) is 0 Å². The number of alkyl halides is 1. The molecule has 0 bridgehead atoms. The quantitative estimate of drug-likeness (QED) is 0.828. The van der Waals surface area contributed by atoms with Crippen molar-refractivity contribution < 1.29 is 5.11 Å². The summed E-state index contributed by atoms with van der Waals surface area (Å²) in [5.74, 6) is 0.664. The number of hydrogen-bond donors (Lipinski definition) is 1. The van der Waals surface area contributed by atoms with Crippen LogP contribution in [0, 0.1) is 0 Å². The second-order valence-electron chi connectivity index (χ2n) is 2.83. The van der Waals surface area contributed by atoms with Gasteiger partial charge in [0.05, 0.1) is 6.61 Å². The first kappa shape index (κ1) is 11.0. The number of aliphatic hydroxyl groups excluding tert-OH is 1. The molecule has 0 unspecified atom stereocenters. The number of aryl methyl sites for hydroxylation is 1. The standard InChI is InChI=1S/C10H12BrClO/c11-10-5-1-3-8(4-2-6-12)9(10)7-13/h1,3,5,13H,2,4,6-7H2. The van der Waals surface area contributed by atoms with Crippen LogP contribution in [0.1, 0.15) is 17.5 Å². The Morgan fingerprint density at radius 3 is 2.77 bits per heavy atom. The van der Waals surface area contributed by atoms with Gasteiger partial charge in [0.1, 0.15) is 0 Å². The molecule has 0 amide bonds. The zero-order chi connectivity index (χ0) is 9.68. The molecule has 1 rings (SSSR count). The lowest BCUT2D eigenvalue weighted by Crippen LogP contribution is -1.95. The molecular weight excluding hydrogens is 251 g/mol. The third-order valence-corrected chi connectivity index (χ3v) is 2.96. The van der Waals surface area contributed by atoms with Crippen LogP contribution in [0.5, 0.6) is 0 Å². The highest BCUT2D eigenvalue weighted by Crippen LogP contribution is 2.21. The first-order valence-corrected chi connectivity index (χ1v) is 5.55. The molecule has 1 N–H and O–H groups in total. The highest BCUT2D eigenvalue weighted by atomic mass is 79.9. The van der Waals surface area contributed by atoms with Gasteiger partial charge in [-0.2, -0.15) is 0 Å². The van der Waals surface area contributed by atoms with Crippen LogP contribution < -0.4 is 0 Å². The van der Waals surface area contributed by atoms with Crippen molar-refractivity contribution in [3.8, 4) is 0 Å². The minimum absolute atomic E-state index is 0.0824. The fourth-order valence-corrected chi connectivity index (χ4v) is 1.94. The van der Waals surface area contributed by atoms with Crippen LogP contribution in [-0.4, -0.2) is 11.0 Å². The molecule has 1 nitrogen and oxygen atoms in total. The van der Waals surface area contributed by atoms with Crippen molar-refractivity contribution in [1.82, 2.24) is 0 Å². The first-order valence-electron chi connectivity index (χ1n) is 4.22. The molecule has 0 spiro atoms. The van der Waals surface area contributed by atoms with Gasteiger partial charge in [0, 0.05) is 10.4 Å². The molecule has 1 aromatic carbocycles. The number of hydrogen-bond acceptors (Lipinski definition) is 1. The van der Waals surface area contributed by atoms with Crippen molar-refractivity contribution in [3.63, 3.8) is 0 Å². The summed E-state index contributed by atoms with van der Waals surface area (Å²) in [6.45, 7) is 0.0824. The Labute approximate surface area is 91.9 Å². The lowest BCUT2D eigenvalue weighted by molar-refractivity contribution is 0.280. The van der Waals surface area contributed by atoms with Gasteiger partial charge in [-0.05, 0) is 30.0 Å². The molecule has 0 aliphatic rings. The largest absolute Gasteiger partial charge is 0.392 e. The van der Waals surface area contributed by atoms with Gasteiger partial charge in [0.25, 0.3) is 0 Å². The van der Waals surface area contributed by atoms with Gasteiger partial charge in [0.2, 0.25) is 0 Å². The van der Waals surface area contributed by atoms with Crippen molar-refractivity contribution in [2.75, 3.05) is 5.88 Å². The van der Waals surface area contributed by atoms with Gasteiger partial charge in [-0.3, -0.25) is 0 Å². The molecule has 13 heavy (non-hydrogen) atoms. The van der Waals surface area contributed by atoms with E-state index in [2.05, 4.69) is 15.9 Å². The van der Waals surface area contributed by atoms with E-state index in [4.69, 9.17) is 16.7 Å².